The Hall–Kier alpha value is -1.06. The Morgan fingerprint density at radius 3 is 2.72 bits per heavy atom. The molecule has 0 spiro atoms. The molecule has 0 unspecified atom stereocenters. The van der Waals surface area contributed by atoms with Crippen molar-refractivity contribution in [2.75, 3.05) is 20.3 Å². The zero-order chi connectivity index (χ0) is 12.6. The van der Waals surface area contributed by atoms with Crippen LogP contribution in [-0.2, 0) is 11.3 Å². The fraction of sp³-hybridized carbons (Fsp3) is 0.600. The molecule has 1 fully saturated rings. The van der Waals surface area contributed by atoms with E-state index in [2.05, 4.69) is 23.5 Å². The first-order valence-corrected chi connectivity index (χ1v) is 6.83. The van der Waals surface area contributed by atoms with Crippen LogP contribution in [0.15, 0.2) is 24.3 Å². The molecule has 0 heterocycles. The van der Waals surface area contributed by atoms with Gasteiger partial charge in [0.2, 0.25) is 0 Å². The highest BCUT2D eigenvalue weighted by Crippen LogP contribution is 2.22. The zero-order valence-corrected chi connectivity index (χ0v) is 11.2. The van der Waals surface area contributed by atoms with Gasteiger partial charge in [0.1, 0.15) is 5.75 Å². The molecule has 0 aromatic heterocycles. The Morgan fingerprint density at radius 2 is 1.94 bits per heavy atom. The molecule has 1 aromatic rings. The summed E-state index contributed by atoms with van der Waals surface area (Å²) in [6.07, 6.45) is 4.73. The molecular formula is C15H23NO2. The number of unbranched alkanes of at least 4 members (excludes halogenated alkanes) is 1. The van der Waals surface area contributed by atoms with Crippen LogP contribution in [0.1, 0.15) is 31.2 Å². The van der Waals surface area contributed by atoms with Crippen LogP contribution < -0.4 is 10.1 Å². The first-order valence-electron chi connectivity index (χ1n) is 6.83. The van der Waals surface area contributed by atoms with E-state index < -0.39 is 0 Å². The van der Waals surface area contributed by atoms with Crippen molar-refractivity contribution >= 4 is 0 Å². The van der Waals surface area contributed by atoms with Gasteiger partial charge in [-0.1, -0.05) is 18.2 Å². The van der Waals surface area contributed by atoms with Crippen molar-refractivity contribution in [2.24, 2.45) is 0 Å². The van der Waals surface area contributed by atoms with Crippen molar-refractivity contribution in [3.63, 3.8) is 0 Å². The molecular weight excluding hydrogens is 226 g/mol. The van der Waals surface area contributed by atoms with Gasteiger partial charge in [0, 0.05) is 31.9 Å². The molecule has 0 saturated heterocycles. The van der Waals surface area contributed by atoms with Gasteiger partial charge in [-0.15, -0.1) is 0 Å². The van der Waals surface area contributed by atoms with E-state index in [-0.39, 0.29) is 0 Å². The van der Waals surface area contributed by atoms with E-state index in [1.807, 2.05) is 6.07 Å². The van der Waals surface area contributed by atoms with Gasteiger partial charge in [-0.05, 0) is 31.7 Å². The first kappa shape index (κ1) is 13.4. The summed E-state index contributed by atoms with van der Waals surface area (Å²) in [5.41, 5.74) is 1.26. The molecule has 1 aliphatic rings. The average molecular weight is 249 g/mol. The van der Waals surface area contributed by atoms with Crippen molar-refractivity contribution in [1.82, 2.24) is 5.32 Å². The second-order valence-corrected chi connectivity index (χ2v) is 4.81. The lowest BCUT2D eigenvalue weighted by Gasteiger charge is -2.11. The summed E-state index contributed by atoms with van der Waals surface area (Å²) in [7, 11) is 1.74. The highest BCUT2D eigenvalue weighted by Gasteiger charge is 2.20. The van der Waals surface area contributed by atoms with Gasteiger partial charge >= 0.3 is 0 Å². The predicted octanol–water partition coefficient (Wildman–Crippen LogP) is 2.74. The summed E-state index contributed by atoms with van der Waals surface area (Å²) in [5, 5.41) is 3.52. The molecule has 0 aliphatic heterocycles. The predicted molar refractivity (Wildman–Crippen MR) is 72.9 cm³/mol. The number of benzene rings is 1. The van der Waals surface area contributed by atoms with Crippen molar-refractivity contribution in [3.05, 3.63) is 29.8 Å². The minimum Gasteiger partial charge on any atom is -0.493 e. The van der Waals surface area contributed by atoms with E-state index in [0.717, 1.165) is 44.4 Å². The van der Waals surface area contributed by atoms with Crippen LogP contribution in [0.5, 0.6) is 5.75 Å². The summed E-state index contributed by atoms with van der Waals surface area (Å²) in [6.45, 7) is 2.50. The van der Waals surface area contributed by atoms with Crippen LogP contribution in [-0.4, -0.2) is 26.4 Å². The SMILES string of the molecule is COCCCCOc1ccccc1CNC1CC1. The summed E-state index contributed by atoms with van der Waals surface area (Å²) in [6, 6.07) is 9.03. The maximum absolute atomic E-state index is 5.84. The number of nitrogens with one attached hydrogen (secondary N) is 1. The number of hydrogen-bond donors (Lipinski definition) is 1. The highest BCUT2D eigenvalue weighted by molar-refractivity contribution is 5.33. The number of hydrogen-bond acceptors (Lipinski definition) is 3. The summed E-state index contributed by atoms with van der Waals surface area (Å²) >= 11 is 0. The smallest absolute Gasteiger partial charge is 0.123 e. The minimum absolute atomic E-state index is 0.736. The molecule has 18 heavy (non-hydrogen) atoms. The van der Waals surface area contributed by atoms with E-state index in [1.165, 1.54) is 18.4 Å². The Kier molecular flexibility index (Phi) is 5.49. The molecule has 3 heteroatoms. The van der Waals surface area contributed by atoms with Gasteiger partial charge in [-0.25, -0.2) is 0 Å². The maximum atomic E-state index is 5.84. The molecule has 0 atom stereocenters. The zero-order valence-electron chi connectivity index (χ0n) is 11.2. The molecule has 1 N–H and O–H groups in total. The van der Waals surface area contributed by atoms with Gasteiger partial charge in [-0.3, -0.25) is 0 Å². The lowest BCUT2D eigenvalue weighted by molar-refractivity contribution is 0.184. The fourth-order valence-corrected chi connectivity index (χ4v) is 1.86. The van der Waals surface area contributed by atoms with Gasteiger partial charge in [0.25, 0.3) is 0 Å². The Balaban J connectivity index is 1.74. The largest absolute Gasteiger partial charge is 0.493 e. The Labute approximate surface area is 109 Å². The maximum Gasteiger partial charge on any atom is 0.123 e. The number of methoxy groups -OCH3 is 1. The second-order valence-electron chi connectivity index (χ2n) is 4.81. The van der Waals surface area contributed by atoms with Gasteiger partial charge in [0.05, 0.1) is 6.61 Å². The van der Waals surface area contributed by atoms with E-state index in [9.17, 15) is 0 Å². The molecule has 0 amide bonds. The minimum atomic E-state index is 0.736. The normalized spacial score (nSPS) is 14.7. The van der Waals surface area contributed by atoms with Crippen molar-refractivity contribution in [2.45, 2.75) is 38.3 Å². The topological polar surface area (TPSA) is 30.5 Å². The van der Waals surface area contributed by atoms with Crippen molar-refractivity contribution < 1.29 is 9.47 Å². The molecule has 0 radical (unpaired) electrons. The lowest BCUT2D eigenvalue weighted by Crippen LogP contribution is -2.16. The monoisotopic (exact) mass is 249 g/mol. The molecule has 1 saturated carbocycles. The van der Waals surface area contributed by atoms with Crippen LogP contribution in [0, 0.1) is 0 Å². The molecule has 1 aromatic carbocycles. The van der Waals surface area contributed by atoms with Gasteiger partial charge in [0.15, 0.2) is 0 Å². The first-order chi connectivity index (χ1) is 8.90. The fourth-order valence-electron chi connectivity index (χ4n) is 1.86. The third-order valence-corrected chi connectivity index (χ3v) is 3.13. The van der Waals surface area contributed by atoms with Crippen LogP contribution in [0.2, 0.25) is 0 Å². The quantitative estimate of drug-likeness (QED) is 0.683. The third kappa shape index (κ3) is 4.67. The summed E-state index contributed by atoms with van der Waals surface area (Å²) in [4.78, 5) is 0. The standard InChI is InChI=1S/C15H23NO2/c1-17-10-4-5-11-18-15-7-3-2-6-13(15)12-16-14-8-9-14/h2-3,6-7,14,16H,4-5,8-12H2,1H3. The summed E-state index contributed by atoms with van der Waals surface area (Å²) < 4.78 is 10.9. The molecule has 3 nitrogen and oxygen atoms in total. The van der Waals surface area contributed by atoms with Crippen molar-refractivity contribution in [1.29, 1.82) is 0 Å². The van der Waals surface area contributed by atoms with Crippen LogP contribution in [0.3, 0.4) is 0 Å². The van der Waals surface area contributed by atoms with E-state index in [4.69, 9.17) is 9.47 Å². The van der Waals surface area contributed by atoms with Gasteiger partial charge in [-0.2, -0.15) is 0 Å². The van der Waals surface area contributed by atoms with E-state index in [0.29, 0.717) is 0 Å². The second kappa shape index (κ2) is 7.39. The Bertz CT molecular complexity index is 350. The van der Waals surface area contributed by atoms with Crippen LogP contribution in [0.25, 0.3) is 0 Å². The molecule has 100 valence electrons. The summed E-state index contributed by atoms with van der Waals surface area (Å²) in [5.74, 6) is 1.02. The van der Waals surface area contributed by atoms with Crippen LogP contribution in [0.4, 0.5) is 0 Å². The molecule has 2 rings (SSSR count). The van der Waals surface area contributed by atoms with E-state index >= 15 is 0 Å². The third-order valence-electron chi connectivity index (χ3n) is 3.13. The highest BCUT2D eigenvalue weighted by atomic mass is 16.5. The number of para-hydroxylation sites is 1. The Morgan fingerprint density at radius 1 is 1.17 bits per heavy atom. The molecule has 0 bridgehead atoms. The number of ether oxygens (including phenoxy) is 2. The van der Waals surface area contributed by atoms with Gasteiger partial charge < -0.3 is 14.8 Å². The van der Waals surface area contributed by atoms with E-state index in [1.54, 1.807) is 7.11 Å². The average Bonchev–Trinajstić information content (AvgIpc) is 3.21. The van der Waals surface area contributed by atoms with Crippen LogP contribution >= 0.6 is 0 Å². The lowest BCUT2D eigenvalue weighted by atomic mass is 10.2. The van der Waals surface area contributed by atoms with Crippen molar-refractivity contribution in [3.8, 4) is 5.75 Å². The molecule has 1 aliphatic carbocycles. The number of rotatable bonds is 9.